The molecule has 2 amide bonds. The van der Waals surface area contributed by atoms with E-state index in [0.717, 1.165) is 0 Å². The maximum atomic E-state index is 13.5. The van der Waals surface area contributed by atoms with Gasteiger partial charge >= 0.3 is 6.03 Å². The zero-order chi connectivity index (χ0) is 15.9. The Kier molecular flexibility index (Phi) is 5.91. The van der Waals surface area contributed by atoms with Crippen molar-refractivity contribution in [3.05, 3.63) is 58.0 Å². The van der Waals surface area contributed by atoms with Crippen LogP contribution in [0.2, 0.25) is 0 Å². The lowest BCUT2D eigenvalue weighted by atomic mass is 10.2. The van der Waals surface area contributed by atoms with Crippen LogP contribution in [0.1, 0.15) is 16.5 Å². The third-order valence-electron chi connectivity index (χ3n) is 3.35. The molecule has 2 aromatic rings. The summed E-state index contributed by atoms with van der Waals surface area (Å²) >= 11 is 1.66. The number of halogens is 1. The van der Waals surface area contributed by atoms with Crippen LogP contribution >= 0.6 is 11.3 Å². The van der Waals surface area contributed by atoms with Gasteiger partial charge in [-0.2, -0.15) is 0 Å². The van der Waals surface area contributed by atoms with Gasteiger partial charge in [0.1, 0.15) is 5.82 Å². The summed E-state index contributed by atoms with van der Waals surface area (Å²) in [5.74, 6) is -0.312. The molecule has 0 saturated heterocycles. The monoisotopic (exact) mass is 321 g/mol. The topological polar surface area (TPSA) is 44.4 Å². The van der Waals surface area contributed by atoms with E-state index in [1.54, 1.807) is 29.5 Å². The fourth-order valence-corrected chi connectivity index (χ4v) is 3.01. The van der Waals surface area contributed by atoms with Crippen molar-refractivity contribution in [2.45, 2.75) is 12.6 Å². The molecule has 2 N–H and O–H groups in total. The Balaban J connectivity index is 1.83. The van der Waals surface area contributed by atoms with Gasteiger partial charge < -0.3 is 15.5 Å². The molecular formula is C16H20FN3OS. The molecule has 0 radical (unpaired) electrons. The average Bonchev–Trinajstić information content (AvgIpc) is 3.00. The number of carbonyl (C=O) groups is 1. The minimum atomic E-state index is -0.312. The van der Waals surface area contributed by atoms with Gasteiger partial charge in [-0.1, -0.05) is 24.3 Å². The Bertz CT molecular complexity index is 601. The molecule has 1 heterocycles. The number of hydrogen-bond acceptors (Lipinski definition) is 3. The third-order valence-corrected chi connectivity index (χ3v) is 4.32. The van der Waals surface area contributed by atoms with Gasteiger partial charge in [0.05, 0.1) is 6.04 Å². The van der Waals surface area contributed by atoms with Crippen molar-refractivity contribution in [2.24, 2.45) is 0 Å². The first-order chi connectivity index (χ1) is 10.6. The van der Waals surface area contributed by atoms with Crippen LogP contribution in [0.15, 0.2) is 41.8 Å². The van der Waals surface area contributed by atoms with E-state index in [9.17, 15) is 9.18 Å². The van der Waals surface area contributed by atoms with Gasteiger partial charge in [0.15, 0.2) is 0 Å². The summed E-state index contributed by atoms with van der Waals surface area (Å²) in [7, 11) is 3.95. The highest BCUT2D eigenvalue weighted by molar-refractivity contribution is 7.10. The van der Waals surface area contributed by atoms with Gasteiger partial charge in [0, 0.05) is 23.5 Å². The predicted octanol–water partition coefficient (Wildman–Crippen LogP) is 2.99. The highest BCUT2D eigenvalue weighted by Crippen LogP contribution is 2.22. The highest BCUT2D eigenvalue weighted by atomic mass is 32.1. The van der Waals surface area contributed by atoms with Crippen LogP contribution < -0.4 is 10.6 Å². The second kappa shape index (κ2) is 7.91. The number of thiophene rings is 1. The average molecular weight is 321 g/mol. The van der Waals surface area contributed by atoms with E-state index in [0.29, 0.717) is 12.1 Å². The van der Waals surface area contributed by atoms with Crippen LogP contribution in [0.4, 0.5) is 9.18 Å². The minimum absolute atomic E-state index is 0.124. The van der Waals surface area contributed by atoms with Gasteiger partial charge in [0.25, 0.3) is 0 Å². The van der Waals surface area contributed by atoms with Gasteiger partial charge in [-0.05, 0) is 31.6 Å². The Hall–Kier alpha value is -1.92. The fraction of sp³-hybridized carbons (Fsp3) is 0.312. The van der Waals surface area contributed by atoms with Crippen molar-refractivity contribution in [2.75, 3.05) is 20.6 Å². The van der Waals surface area contributed by atoms with E-state index in [-0.39, 0.29) is 24.4 Å². The molecule has 0 aliphatic heterocycles. The summed E-state index contributed by atoms with van der Waals surface area (Å²) in [4.78, 5) is 15.1. The number of rotatable bonds is 6. The molecule has 1 aromatic heterocycles. The largest absolute Gasteiger partial charge is 0.336 e. The normalized spacial score (nSPS) is 12.2. The fourth-order valence-electron chi connectivity index (χ4n) is 2.09. The summed E-state index contributed by atoms with van der Waals surface area (Å²) < 4.78 is 13.5. The second-order valence-electron chi connectivity index (χ2n) is 5.15. The summed E-state index contributed by atoms with van der Waals surface area (Å²) in [6, 6.07) is 10.3. The van der Waals surface area contributed by atoms with Crippen LogP contribution in [0.25, 0.3) is 0 Å². The molecule has 4 nitrogen and oxygen atoms in total. The summed E-state index contributed by atoms with van der Waals surface area (Å²) in [5, 5.41) is 7.53. The minimum Gasteiger partial charge on any atom is -0.336 e. The summed E-state index contributed by atoms with van der Waals surface area (Å²) in [6.07, 6.45) is 0. The van der Waals surface area contributed by atoms with Gasteiger partial charge in [-0.3, -0.25) is 0 Å². The van der Waals surface area contributed by atoms with Crippen molar-refractivity contribution < 1.29 is 9.18 Å². The first kappa shape index (κ1) is 16.5. The molecule has 0 bridgehead atoms. The number of nitrogens with one attached hydrogen (secondary N) is 2. The molecule has 1 atom stereocenters. The number of likely N-dealkylation sites (N-methyl/N-ethyl adjacent to an activating group) is 1. The highest BCUT2D eigenvalue weighted by Gasteiger charge is 2.16. The van der Waals surface area contributed by atoms with Crippen molar-refractivity contribution in [1.82, 2.24) is 15.5 Å². The zero-order valence-corrected chi connectivity index (χ0v) is 13.5. The number of nitrogens with zero attached hydrogens (tertiary/aromatic N) is 1. The van der Waals surface area contributed by atoms with E-state index in [1.165, 1.54) is 10.9 Å². The van der Waals surface area contributed by atoms with Gasteiger partial charge in [-0.25, -0.2) is 9.18 Å². The standard InChI is InChI=1S/C16H20FN3OS/c1-20(2)14(15-8-5-9-22-15)11-19-16(21)18-10-12-6-3-4-7-13(12)17/h3-9,14H,10-11H2,1-2H3,(H2,18,19,21). The van der Waals surface area contributed by atoms with Gasteiger partial charge in [0.2, 0.25) is 0 Å². The van der Waals surface area contributed by atoms with Crippen LogP contribution in [0.5, 0.6) is 0 Å². The van der Waals surface area contributed by atoms with Crippen LogP contribution in [-0.4, -0.2) is 31.6 Å². The van der Waals surface area contributed by atoms with E-state index in [1.807, 2.05) is 31.6 Å². The lowest BCUT2D eigenvalue weighted by molar-refractivity contribution is 0.233. The van der Waals surface area contributed by atoms with Crippen molar-refractivity contribution in [3.8, 4) is 0 Å². The van der Waals surface area contributed by atoms with E-state index >= 15 is 0 Å². The summed E-state index contributed by atoms with van der Waals surface area (Å²) in [5.41, 5.74) is 0.472. The van der Waals surface area contributed by atoms with Crippen LogP contribution in [0, 0.1) is 5.82 Å². The maximum absolute atomic E-state index is 13.5. The number of hydrogen-bond donors (Lipinski definition) is 2. The Labute approximate surface area is 134 Å². The number of benzene rings is 1. The molecule has 22 heavy (non-hydrogen) atoms. The van der Waals surface area contributed by atoms with Gasteiger partial charge in [-0.15, -0.1) is 11.3 Å². The molecule has 0 spiro atoms. The molecule has 0 saturated carbocycles. The van der Waals surface area contributed by atoms with Crippen LogP contribution in [-0.2, 0) is 6.54 Å². The lowest BCUT2D eigenvalue weighted by Gasteiger charge is -2.23. The maximum Gasteiger partial charge on any atom is 0.315 e. The Morgan fingerprint density at radius 1 is 1.23 bits per heavy atom. The Morgan fingerprint density at radius 3 is 2.64 bits per heavy atom. The van der Waals surface area contributed by atoms with Crippen molar-refractivity contribution in [3.63, 3.8) is 0 Å². The molecular weight excluding hydrogens is 301 g/mol. The molecule has 1 unspecified atom stereocenters. The molecule has 0 aliphatic rings. The molecule has 6 heteroatoms. The zero-order valence-electron chi connectivity index (χ0n) is 12.7. The number of carbonyl (C=O) groups excluding carboxylic acids is 1. The smallest absolute Gasteiger partial charge is 0.315 e. The Morgan fingerprint density at radius 2 is 2.00 bits per heavy atom. The van der Waals surface area contributed by atoms with Crippen molar-refractivity contribution >= 4 is 17.4 Å². The third kappa shape index (κ3) is 4.54. The van der Waals surface area contributed by atoms with Crippen LogP contribution in [0.3, 0.4) is 0 Å². The first-order valence-corrected chi connectivity index (χ1v) is 7.91. The SMILES string of the molecule is CN(C)C(CNC(=O)NCc1ccccc1F)c1cccs1. The predicted molar refractivity (Wildman–Crippen MR) is 87.4 cm³/mol. The molecule has 2 rings (SSSR count). The molecule has 1 aromatic carbocycles. The molecule has 118 valence electrons. The number of amides is 2. The molecule has 0 aliphatic carbocycles. The quantitative estimate of drug-likeness (QED) is 0.859. The lowest BCUT2D eigenvalue weighted by Crippen LogP contribution is -2.40. The van der Waals surface area contributed by atoms with E-state index in [4.69, 9.17) is 0 Å². The van der Waals surface area contributed by atoms with Crippen molar-refractivity contribution in [1.29, 1.82) is 0 Å². The molecule has 0 fully saturated rings. The first-order valence-electron chi connectivity index (χ1n) is 7.03. The number of urea groups is 1. The summed E-state index contributed by atoms with van der Waals surface area (Å²) in [6.45, 7) is 0.667. The second-order valence-corrected chi connectivity index (χ2v) is 6.13. The van der Waals surface area contributed by atoms with E-state index in [2.05, 4.69) is 15.5 Å². The van der Waals surface area contributed by atoms with E-state index < -0.39 is 0 Å².